The van der Waals surface area contributed by atoms with Crippen molar-refractivity contribution in [2.24, 2.45) is 5.92 Å². The monoisotopic (exact) mass is 264 g/mol. The first-order valence-corrected chi connectivity index (χ1v) is 6.91. The first kappa shape index (κ1) is 14.1. The molecule has 1 aliphatic rings. The Kier molecular flexibility index (Phi) is 3.94. The van der Waals surface area contributed by atoms with Gasteiger partial charge in [0.2, 0.25) is 0 Å². The number of hydrogen-bond acceptors (Lipinski definition) is 5. The van der Waals surface area contributed by atoms with E-state index in [0.29, 0.717) is 11.7 Å². The number of rotatable bonds is 4. The van der Waals surface area contributed by atoms with E-state index in [-0.39, 0.29) is 12.0 Å². The summed E-state index contributed by atoms with van der Waals surface area (Å²) < 4.78 is 0. The number of nitrogens with two attached hydrogens (primary N) is 1. The second-order valence-electron chi connectivity index (χ2n) is 5.94. The van der Waals surface area contributed by atoms with Crippen LogP contribution in [0.2, 0.25) is 0 Å². The standard InChI is InChI=1S/C14H24N4O/c1-8(2)13-16-12(15)9(3)14(17-13)18(4)7-10-5-11(19)6-10/h8,10-11,19H,5-7H2,1-4H3,(H2,15,16,17). The van der Waals surface area contributed by atoms with Gasteiger partial charge in [0.15, 0.2) is 0 Å². The zero-order valence-electron chi connectivity index (χ0n) is 12.2. The van der Waals surface area contributed by atoms with Crippen LogP contribution in [0.25, 0.3) is 0 Å². The van der Waals surface area contributed by atoms with Crippen LogP contribution in [0.15, 0.2) is 0 Å². The lowest BCUT2D eigenvalue weighted by Crippen LogP contribution is -2.37. The second kappa shape index (κ2) is 5.33. The predicted molar refractivity (Wildman–Crippen MR) is 77.3 cm³/mol. The molecule has 1 aromatic heterocycles. The summed E-state index contributed by atoms with van der Waals surface area (Å²) >= 11 is 0. The van der Waals surface area contributed by atoms with E-state index in [9.17, 15) is 5.11 Å². The van der Waals surface area contributed by atoms with E-state index in [2.05, 4.69) is 28.7 Å². The van der Waals surface area contributed by atoms with Crippen molar-refractivity contribution in [3.63, 3.8) is 0 Å². The Hall–Kier alpha value is -1.36. The van der Waals surface area contributed by atoms with E-state index < -0.39 is 0 Å². The molecule has 1 aromatic rings. The normalized spacial score (nSPS) is 22.4. The molecule has 5 nitrogen and oxygen atoms in total. The Morgan fingerprint density at radius 2 is 2.00 bits per heavy atom. The zero-order valence-corrected chi connectivity index (χ0v) is 12.2. The molecule has 106 valence electrons. The molecule has 0 aliphatic heterocycles. The fourth-order valence-corrected chi connectivity index (χ4v) is 2.49. The summed E-state index contributed by atoms with van der Waals surface area (Å²) in [7, 11) is 2.03. The lowest BCUT2D eigenvalue weighted by molar-refractivity contribution is 0.0464. The molecule has 0 amide bonds. The first-order chi connectivity index (χ1) is 8.88. The number of nitrogens with zero attached hydrogens (tertiary/aromatic N) is 3. The Morgan fingerprint density at radius 1 is 1.37 bits per heavy atom. The van der Waals surface area contributed by atoms with Crippen LogP contribution < -0.4 is 10.6 Å². The van der Waals surface area contributed by atoms with Crippen molar-refractivity contribution in [1.29, 1.82) is 0 Å². The van der Waals surface area contributed by atoms with Gasteiger partial charge in [-0.25, -0.2) is 9.97 Å². The molecule has 0 bridgehead atoms. The average Bonchev–Trinajstić information content (AvgIpc) is 2.30. The van der Waals surface area contributed by atoms with Crippen LogP contribution in [-0.4, -0.2) is 34.8 Å². The maximum Gasteiger partial charge on any atom is 0.137 e. The van der Waals surface area contributed by atoms with Gasteiger partial charge in [0.1, 0.15) is 17.5 Å². The number of anilines is 2. The van der Waals surface area contributed by atoms with Gasteiger partial charge in [-0.15, -0.1) is 0 Å². The number of aliphatic hydroxyl groups is 1. The van der Waals surface area contributed by atoms with Crippen LogP contribution in [0.1, 0.15) is 44.0 Å². The quantitative estimate of drug-likeness (QED) is 0.865. The average molecular weight is 264 g/mol. The second-order valence-corrected chi connectivity index (χ2v) is 5.94. The predicted octanol–water partition coefficient (Wildman–Crippen LogP) is 1.70. The molecule has 1 aliphatic carbocycles. The highest BCUT2D eigenvalue weighted by Gasteiger charge is 2.28. The van der Waals surface area contributed by atoms with E-state index >= 15 is 0 Å². The van der Waals surface area contributed by atoms with Crippen molar-refractivity contribution in [1.82, 2.24) is 9.97 Å². The summed E-state index contributed by atoms with van der Waals surface area (Å²) in [6.07, 6.45) is 1.67. The molecular formula is C14H24N4O. The van der Waals surface area contributed by atoms with Crippen LogP contribution in [0.4, 0.5) is 11.6 Å². The molecule has 19 heavy (non-hydrogen) atoms. The van der Waals surface area contributed by atoms with Crippen molar-refractivity contribution in [2.75, 3.05) is 24.2 Å². The van der Waals surface area contributed by atoms with Gasteiger partial charge >= 0.3 is 0 Å². The molecule has 0 saturated heterocycles. The minimum atomic E-state index is -0.110. The summed E-state index contributed by atoms with van der Waals surface area (Å²) in [6.45, 7) is 7.00. The SMILES string of the molecule is Cc1c(N)nc(C(C)C)nc1N(C)CC1CC(O)C1. The molecule has 1 saturated carbocycles. The third-order valence-corrected chi connectivity index (χ3v) is 3.80. The molecule has 0 aromatic carbocycles. The minimum Gasteiger partial charge on any atom is -0.393 e. The van der Waals surface area contributed by atoms with Gasteiger partial charge in [-0.1, -0.05) is 13.8 Å². The van der Waals surface area contributed by atoms with E-state index in [1.807, 2.05) is 14.0 Å². The lowest BCUT2D eigenvalue weighted by atomic mass is 9.82. The highest BCUT2D eigenvalue weighted by molar-refractivity contribution is 5.56. The highest BCUT2D eigenvalue weighted by Crippen LogP contribution is 2.30. The maximum absolute atomic E-state index is 9.35. The summed E-state index contributed by atoms with van der Waals surface area (Å²) in [4.78, 5) is 11.1. The van der Waals surface area contributed by atoms with Gasteiger partial charge in [0.25, 0.3) is 0 Å². The topological polar surface area (TPSA) is 75.3 Å². The van der Waals surface area contributed by atoms with Crippen molar-refractivity contribution in [3.8, 4) is 0 Å². The van der Waals surface area contributed by atoms with Gasteiger partial charge in [0.05, 0.1) is 6.10 Å². The summed E-state index contributed by atoms with van der Waals surface area (Å²) in [5.74, 6) is 3.09. The van der Waals surface area contributed by atoms with Gasteiger partial charge < -0.3 is 15.7 Å². The van der Waals surface area contributed by atoms with Crippen molar-refractivity contribution >= 4 is 11.6 Å². The number of aromatic nitrogens is 2. The third kappa shape index (κ3) is 2.97. The Morgan fingerprint density at radius 3 is 2.53 bits per heavy atom. The van der Waals surface area contributed by atoms with E-state index in [0.717, 1.165) is 36.6 Å². The van der Waals surface area contributed by atoms with Gasteiger partial charge in [-0.3, -0.25) is 0 Å². The summed E-state index contributed by atoms with van der Waals surface area (Å²) in [6, 6.07) is 0. The first-order valence-electron chi connectivity index (χ1n) is 6.91. The molecular weight excluding hydrogens is 240 g/mol. The summed E-state index contributed by atoms with van der Waals surface area (Å²) in [5, 5.41) is 9.35. The van der Waals surface area contributed by atoms with Gasteiger partial charge in [-0.2, -0.15) is 0 Å². The summed E-state index contributed by atoms with van der Waals surface area (Å²) in [5.41, 5.74) is 6.92. The Balaban J connectivity index is 2.17. The smallest absolute Gasteiger partial charge is 0.137 e. The maximum atomic E-state index is 9.35. The largest absolute Gasteiger partial charge is 0.393 e. The van der Waals surface area contributed by atoms with Crippen LogP contribution in [0, 0.1) is 12.8 Å². The molecule has 0 spiro atoms. The number of aliphatic hydroxyl groups excluding tert-OH is 1. The van der Waals surface area contributed by atoms with Crippen molar-refractivity contribution in [3.05, 3.63) is 11.4 Å². The molecule has 1 heterocycles. The molecule has 0 atom stereocenters. The van der Waals surface area contributed by atoms with E-state index in [4.69, 9.17) is 5.73 Å². The molecule has 3 N–H and O–H groups in total. The van der Waals surface area contributed by atoms with Crippen molar-refractivity contribution in [2.45, 2.75) is 45.6 Å². The van der Waals surface area contributed by atoms with Crippen molar-refractivity contribution < 1.29 is 5.11 Å². The molecule has 5 heteroatoms. The molecule has 0 unspecified atom stereocenters. The molecule has 2 rings (SSSR count). The van der Waals surface area contributed by atoms with Crippen LogP contribution in [0.3, 0.4) is 0 Å². The van der Waals surface area contributed by atoms with Crippen LogP contribution in [0.5, 0.6) is 0 Å². The van der Waals surface area contributed by atoms with E-state index in [1.54, 1.807) is 0 Å². The van der Waals surface area contributed by atoms with Crippen LogP contribution >= 0.6 is 0 Å². The Labute approximate surface area is 114 Å². The van der Waals surface area contributed by atoms with Gasteiger partial charge in [0, 0.05) is 25.1 Å². The Bertz CT molecular complexity index is 455. The van der Waals surface area contributed by atoms with Crippen LogP contribution in [-0.2, 0) is 0 Å². The van der Waals surface area contributed by atoms with Gasteiger partial charge in [-0.05, 0) is 25.7 Å². The molecule has 1 fully saturated rings. The lowest BCUT2D eigenvalue weighted by Gasteiger charge is -2.35. The number of nitrogen functional groups attached to an aromatic ring is 1. The fourth-order valence-electron chi connectivity index (χ4n) is 2.49. The molecule has 0 radical (unpaired) electrons. The van der Waals surface area contributed by atoms with E-state index in [1.165, 1.54) is 0 Å². The minimum absolute atomic E-state index is 0.110. The fraction of sp³-hybridized carbons (Fsp3) is 0.714. The third-order valence-electron chi connectivity index (χ3n) is 3.80. The highest BCUT2D eigenvalue weighted by atomic mass is 16.3. The number of hydrogen-bond donors (Lipinski definition) is 2. The zero-order chi connectivity index (χ0) is 14.2.